The SMILES string of the molecule is COCC(O)C(OO)c1ccccc1. The van der Waals surface area contributed by atoms with Crippen LogP contribution in [0.25, 0.3) is 0 Å². The Morgan fingerprint density at radius 1 is 1.29 bits per heavy atom. The average molecular weight is 198 g/mol. The first-order chi connectivity index (χ1) is 6.79. The van der Waals surface area contributed by atoms with Crippen LogP contribution in [0.1, 0.15) is 11.7 Å². The van der Waals surface area contributed by atoms with Crippen LogP contribution in [0.2, 0.25) is 0 Å². The molecule has 0 saturated heterocycles. The molecule has 0 fully saturated rings. The molecule has 0 aliphatic carbocycles. The van der Waals surface area contributed by atoms with Gasteiger partial charge in [-0.05, 0) is 5.56 Å². The molecular weight excluding hydrogens is 184 g/mol. The lowest BCUT2D eigenvalue weighted by Gasteiger charge is -2.19. The fraction of sp³-hybridized carbons (Fsp3) is 0.400. The van der Waals surface area contributed by atoms with Gasteiger partial charge >= 0.3 is 0 Å². The number of aliphatic hydroxyl groups is 1. The molecule has 0 saturated carbocycles. The monoisotopic (exact) mass is 198 g/mol. The van der Waals surface area contributed by atoms with E-state index in [9.17, 15) is 5.11 Å². The number of aliphatic hydroxyl groups excluding tert-OH is 1. The summed E-state index contributed by atoms with van der Waals surface area (Å²) in [5.74, 6) is 0. The number of methoxy groups -OCH3 is 1. The molecule has 1 aromatic rings. The molecule has 0 amide bonds. The molecular formula is C10H14O4. The molecule has 78 valence electrons. The van der Waals surface area contributed by atoms with Gasteiger partial charge < -0.3 is 9.84 Å². The van der Waals surface area contributed by atoms with E-state index < -0.39 is 12.2 Å². The van der Waals surface area contributed by atoms with E-state index in [-0.39, 0.29) is 6.61 Å². The third-order valence-corrected chi connectivity index (χ3v) is 1.93. The molecule has 2 N–H and O–H groups in total. The number of ether oxygens (including phenoxy) is 1. The Kier molecular flexibility index (Phi) is 4.55. The summed E-state index contributed by atoms with van der Waals surface area (Å²) in [6, 6.07) is 8.99. The highest BCUT2D eigenvalue weighted by molar-refractivity contribution is 5.18. The molecule has 0 spiro atoms. The first-order valence-corrected chi connectivity index (χ1v) is 4.31. The first-order valence-electron chi connectivity index (χ1n) is 4.31. The number of benzene rings is 1. The Morgan fingerprint density at radius 2 is 1.93 bits per heavy atom. The van der Waals surface area contributed by atoms with Crippen molar-refractivity contribution in [3.63, 3.8) is 0 Å². The van der Waals surface area contributed by atoms with Gasteiger partial charge in [0.15, 0.2) is 0 Å². The molecule has 1 aromatic carbocycles. The Balaban J connectivity index is 2.71. The third kappa shape index (κ3) is 2.78. The van der Waals surface area contributed by atoms with Crippen LogP contribution in [0.5, 0.6) is 0 Å². The number of hydrogen-bond acceptors (Lipinski definition) is 4. The normalized spacial score (nSPS) is 15.1. The van der Waals surface area contributed by atoms with Crippen LogP contribution in [0.3, 0.4) is 0 Å². The molecule has 0 heterocycles. The second-order valence-electron chi connectivity index (χ2n) is 2.96. The van der Waals surface area contributed by atoms with E-state index in [1.165, 1.54) is 7.11 Å². The van der Waals surface area contributed by atoms with Gasteiger partial charge in [0, 0.05) is 7.11 Å². The second-order valence-corrected chi connectivity index (χ2v) is 2.96. The van der Waals surface area contributed by atoms with Crippen LogP contribution in [0.4, 0.5) is 0 Å². The highest BCUT2D eigenvalue weighted by Crippen LogP contribution is 2.20. The molecule has 0 bridgehead atoms. The molecule has 0 aliphatic rings. The Labute approximate surface area is 82.6 Å². The Bertz CT molecular complexity index is 250. The summed E-state index contributed by atoms with van der Waals surface area (Å²) in [6.45, 7) is 0.111. The van der Waals surface area contributed by atoms with Gasteiger partial charge in [-0.25, -0.2) is 4.89 Å². The maximum atomic E-state index is 9.55. The zero-order chi connectivity index (χ0) is 10.4. The standard InChI is InChI=1S/C10H14O4/c1-13-7-9(11)10(14-12)8-5-3-2-4-6-8/h2-6,9-12H,7H2,1H3. The van der Waals surface area contributed by atoms with Gasteiger partial charge in [-0.15, -0.1) is 0 Å². The van der Waals surface area contributed by atoms with Crippen molar-refractivity contribution in [2.75, 3.05) is 13.7 Å². The molecule has 4 nitrogen and oxygen atoms in total. The van der Waals surface area contributed by atoms with Crippen molar-refractivity contribution in [1.82, 2.24) is 0 Å². The highest BCUT2D eigenvalue weighted by atomic mass is 17.1. The largest absolute Gasteiger partial charge is 0.387 e. The van der Waals surface area contributed by atoms with E-state index in [1.807, 2.05) is 6.07 Å². The summed E-state index contributed by atoms with van der Waals surface area (Å²) < 4.78 is 4.77. The molecule has 4 heteroatoms. The Hall–Kier alpha value is -0.940. The molecule has 1 rings (SSSR count). The summed E-state index contributed by atoms with van der Waals surface area (Å²) in [5, 5.41) is 18.2. The van der Waals surface area contributed by atoms with E-state index >= 15 is 0 Å². The lowest BCUT2D eigenvalue weighted by molar-refractivity contribution is -0.303. The van der Waals surface area contributed by atoms with Gasteiger partial charge in [0.1, 0.15) is 12.2 Å². The predicted molar refractivity (Wildman–Crippen MR) is 50.8 cm³/mol. The molecule has 0 aromatic heterocycles. The minimum absolute atomic E-state index is 0.111. The smallest absolute Gasteiger partial charge is 0.146 e. The number of hydrogen-bond donors (Lipinski definition) is 2. The van der Waals surface area contributed by atoms with Crippen molar-refractivity contribution in [3.8, 4) is 0 Å². The van der Waals surface area contributed by atoms with Crippen LogP contribution < -0.4 is 0 Å². The molecule has 0 aliphatic heterocycles. The van der Waals surface area contributed by atoms with Crippen LogP contribution >= 0.6 is 0 Å². The minimum atomic E-state index is -0.882. The van der Waals surface area contributed by atoms with Crippen molar-refractivity contribution in [2.24, 2.45) is 0 Å². The van der Waals surface area contributed by atoms with Crippen LogP contribution in [0, 0.1) is 0 Å². The molecule has 0 radical (unpaired) electrons. The number of rotatable bonds is 5. The maximum absolute atomic E-state index is 9.55. The third-order valence-electron chi connectivity index (χ3n) is 1.93. The molecule has 2 unspecified atom stereocenters. The molecule has 2 atom stereocenters. The maximum Gasteiger partial charge on any atom is 0.146 e. The van der Waals surface area contributed by atoms with E-state index in [0.717, 1.165) is 0 Å². The van der Waals surface area contributed by atoms with Crippen molar-refractivity contribution in [1.29, 1.82) is 0 Å². The zero-order valence-corrected chi connectivity index (χ0v) is 7.96. The fourth-order valence-electron chi connectivity index (χ4n) is 1.25. The predicted octanol–water partition coefficient (Wildman–Crippen LogP) is 1.22. The summed E-state index contributed by atoms with van der Waals surface area (Å²) >= 11 is 0. The average Bonchev–Trinajstić information content (AvgIpc) is 2.21. The van der Waals surface area contributed by atoms with Crippen molar-refractivity contribution < 1.29 is 20.0 Å². The lowest BCUT2D eigenvalue weighted by Crippen LogP contribution is -2.25. The van der Waals surface area contributed by atoms with Crippen LogP contribution in [-0.2, 0) is 9.62 Å². The van der Waals surface area contributed by atoms with E-state index in [1.54, 1.807) is 24.3 Å². The van der Waals surface area contributed by atoms with Crippen molar-refractivity contribution >= 4 is 0 Å². The van der Waals surface area contributed by atoms with E-state index in [0.29, 0.717) is 5.56 Å². The lowest BCUT2D eigenvalue weighted by atomic mass is 10.1. The molecule has 14 heavy (non-hydrogen) atoms. The van der Waals surface area contributed by atoms with Gasteiger partial charge in [-0.3, -0.25) is 5.26 Å². The van der Waals surface area contributed by atoms with E-state index in [4.69, 9.17) is 9.99 Å². The summed E-state index contributed by atoms with van der Waals surface area (Å²) in [7, 11) is 1.47. The summed E-state index contributed by atoms with van der Waals surface area (Å²) in [5.41, 5.74) is 0.708. The van der Waals surface area contributed by atoms with Crippen molar-refractivity contribution in [3.05, 3.63) is 35.9 Å². The van der Waals surface area contributed by atoms with Gasteiger partial charge in [-0.2, -0.15) is 0 Å². The first kappa shape index (κ1) is 11.1. The van der Waals surface area contributed by atoms with Crippen LogP contribution in [-0.4, -0.2) is 30.2 Å². The Morgan fingerprint density at radius 3 is 2.43 bits per heavy atom. The summed E-state index contributed by atoms with van der Waals surface area (Å²) in [4.78, 5) is 4.22. The topological polar surface area (TPSA) is 58.9 Å². The van der Waals surface area contributed by atoms with Gasteiger partial charge in [0.25, 0.3) is 0 Å². The second kappa shape index (κ2) is 5.72. The van der Waals surface area contributed by atoms with Crippen LogP contribution in [0.15, 0.2) is 30.3 Å². The zero-order valence-electron chi connectivity index (χ0n) is 7.96. The fourth-order valence-corrected chi connectivity index (χ4v) is 1.25. The van der Waals surface area contributed by atoms with Crippen molar-refractivity contribution in [2.45, 2.75) is 12.2 Å². The van der Waals surface area contributed by atoms with Gasteiger partial charge in [0.2, 0.25) is 0 Å². The van der Waals surface area contributed by atoms with Gasteiger partial charge in [0.05, 0.1) is 6.61 Å². The minimum Gasteiger partial charge on any atom is -0.387 e. The van der Waals surface area contributed by atoms with E-state index in [2.05, 4.69) is 4.89 Å². The quantitative estimate of drug-likeness (QED) is 0.551. The highest BCUT2D eigenvalue weighted by Gasteiger charge is 2.21. The summed E-state index contributed by atoms with van der Waals surface area (Å²) in [6.07, 6.45) is -1.65. The van der Waals surface area contributed by atoms with Gasteiger partial charge in [-0.1, -0.05) is 30.3 Å².